The Hall–Kier alpha value is -1.96. The van der Waals surface area contributed by atoms with Gasteiger partial charge in [0, 0.05) is 38.1 Å². The summed E-state index contributed by atoms with van der Waals surface area (Å²) in [7, 11) is -3.45. The summed E-state index contributed by atoms with van der Waals surface area (Å²) in [5.41, 5.74) is 0.845. The summed E-state index contributed by atoms with van der Waals surface area (Å²) in [6.45, 7) is 7.65. The zero-order valence-corrected chi connectivity index (χ0v) is 15.3. The Kier molecular flexibility index (Phi) is 6.92. The predicted molar refractivity (Wildman–Crippen MR) is 100 cm³/mol. The molecule has 1 fully saturated rings. The lowest BCUT2D eigenvalue weighted by Crippen LogP contribution is -2.54. The van der Waals surface area contributed by atoms with Crippen LogP contribution >= 0.6 is 0 Å². The van der Waals surface area contributed by atoms with E-state index in [-0.39, 0.29) is 11.9 Å². The van der Waals surface area contributed by atoms with Gasteiger partial charge in [0.2, 0.25) is 15.9 Å². The number of sulfonamides is 1. The number of carbonyl (C=O) groups excluding carboxylic acids is 1. The van der Waals surface area contributed by atoms with Gasteiger partial charge in [-0.2, -0.15) is 4.31 Å². The van der Waals surface area contributed by atoms with Gasteiger partial charge in [0.25, 0.3) is 0 Å². The summed E-state index contributed by atoms with van der Waals surface area (Å²) in [6, 6.07) is 9.04. The van der Waals surface area contributed by atoms with Crippen molar-refractivity contribution in [2.24, 2.45) is 0 Å². The van der Waals surface area contributed by atoms with Crippen LogP contribution in [0.25, 0.3) is 6.08 Å². The highest BCUT2D eigenvalue weighted by Crippen LogP contribution is 2.13. The number of amides is 1. The molecule has 2 rings (SSSR count). The lowest BCUT2D eigenvalue weighted by molar-refractivity contribution is -0.126. The van der Waals surface area contributed by atoms with Crippen LogP contribution in [0.2, 0.25) is 0 Å². The fourth-order valence-electron chi connectivity index (χ4n) is 2.65. The van der Waals surface area contributed by atoms with Crippen molar-refractivity contribution >= 4 is 22.0 Å². The van der Waals surface area contributed by atoms with Crippen molar-refractivity contribution in [2.45, 2.75) is 13.0 Å². The van der Waals surface area contributed by atoms with E-state index in [0.29, 0.717) is 32.7 Å². The molecule has 25 heavy (non-hydrogen) atoms. The smallest absolute Gasteiger partial charge is 0.237 e. The fourth-order valence-corrected chi connectivity index (χ4v) is 3.82. The number of hydrogen-bond donors (Lipinski definition) is 1. The molecule has 0 aliphatic carbocycles. The second-order valence-corrected chi connectivity index (χ2v) is 7.72. The van der Waals surface area contributed by atoms with Gasteiger partial charge < -0.3 is 5.32 Å². The standard InChI is InChI=1S/C18H25N3O3S/c1-3-10-19-18(22)16(2)20-11-13-21(14-12-20)25(23,24)15-9-17-7-5-4-6-8-17/h3-9,15-16H,1,10-14H2,2H3,(H,19,22)/b15-9+/t16-/m0/s1. The molecule has 1 saturated heterocycles. The Morgan fingerprint density at radius 2 is 1.88 bits per heavy atom. The van der Waals surface area contributed by atoms with E-state index in [0.717, 1.165) is 5.56 Å². The largest absolute Gasteiger partial charge is 0.351 e. The quantitative estimate of drug-likeness (QED) is 0.742. The van der Waals surface area contributed by atoms with E-state index in [4.69, 9.17) is 0 Å². The first-order chi connectivity index (χ1) is 11.9. The minimum Gasteiger partial charge on any atom is -0.351 e. The number of nitrogens with zero attached hydrogens (tertiary/aromatic N) is 2. The number of piperazine rings is 1. The molecule has 1 aromatic carbocycles. The van der Waals surface area contributed by atoms with E-state index >= 15 is 0 Å². The zero-order valence-electron chi connectivity index (χ0n) is 14.5. The van der Waals surface area contributed by atoms with E-state index in [9.17, 15) is 13.2 Å². The third-order valence-corrected chi connectivity index (χ3v) is 5.78. The molecular formula is C18H25N3O3S. The molecule has 136 valence electrons. The lowest BCUT2D eigenvalue weighted by Gasteiger charge is -2.36. The fraction of sp³-hybridized carbons (Fsp3) is 0.389. The van der Waals surface area contributed by atoms with E-state index in [1.165, 1.54) is 9.71 Å². The second kappa shape index (κ2) is 8.94. The van der Waals surface area contributed by atoms with Crippen molar-refractivity contribution < 1.29 is 13.2 Å². The Bertz CT molecular complexity index is 708. The maximum atomic E-state index is 12.4. The van der Waals surface area contributed by atoms with E-state index in [1.54, 1.807) is 12.2 Å². The second-order valence-electron chi connectivity index (χ2n) is 5.90. The van der Waals surface area contributed by atoms with Gasteiger partial charge in [0.1, 0.15) is 0 Å². The molecule has 0 saturated carbocycles. The van der Waals surface area contributed by atoms with Crippen LogP contribution in [-0.4, -0.2) is 62.3 Å². The molecule has 0 spiro atoms. The molecule has 7 heteroatoms. The van der Waals surface area contributed by atoms with Crippen LogP contribution in [0.4, 0.5) is 0 Å². The van der Waals surface area contributed by atoms with Crippen LogP contribution in [0.5, 0.6) is 0 Å². The number of benzene rings is 1. The van der Waals surface area contributed by atoms with Gasteiger partial charge in [-0.05, 0) is 18.6 Å². The number of rotatable bonds is 7. The molecule has 0 aromatic heterocycles. The SMILES string of the molecule is C=CCNC(=O)[C@H](C)N1CCN(S(=O)(=O)/C=C/c2ccccc2)CC1. The summed E-state index contributed by atoms with van der Waals surface area (Å²) < 4.78 is 26.3. The molecule has 1 aliphatic rings. The molecule has 1 aliphatic heterocycles. The van der Waals surface area contributed by atoms with Crippen molar-refractivity contribution in [2.75, 3.05) is 32.7 Å². The highest BCUT2D eigenvalue weighted by molar-refractivity contribution is 7.92. The average Bonchev–Trinajstić information content (AvgIpc) is 2.65. The Balaban J connectivity index is 1.91. The highest BCUT2D eigenvalue weighted by Gasteiger charge is 2.29. The van der Waals surface area contributed by atoms with Crippen LogP contribution in [0, 0.1) is 0 Å². The molecule has 6 nitrogen and oxygen atoms in total. The zero-order chi connectivity index (χ0) is 18.3. The molecule has 1 atom stereocenters. The third kappa shape index (κ3) is 5.52. The maximum Gasteiger partial charge on any atom is 0.237 e. The lowest BCUT2D eigenvalue weighted by atomic mass is 10.2. The molecule has 0 radical (unpaired) electrons. The van der Waals surface area contributed by atoms with Crippen molar-refractivity contribution in [1.29, 1.82) is 0 Å². The molecular weight excluding hydrogens is 338 g/mol. The summed E-state index contributed by atoms with van der Waals surface area (Å²) in [5, 5.41) is 4.02. The van der Waals surface area contributed by atoms with E-state index in [2.05, 4.69) is 11.9 Å². The van der Waals surface area contributed by atoms with Gasteiger partial charge in [-0.1, -0.05) is 36.4 Å². The topological polar surface area (TPSA) is 69.7 Å². The maximum absolute atomic E-state index is 12.4. The van der Waals surface area contributed by atoms with Crippen LogP contribution in [0.15, 0.2) is 48.4 Å². The minimum atomic E-state index is -3.45. The highest BCUT2D eigenvalue weighted by atomic mass is 32.2. The van der Waals surface area contributed by atoms with Crippen molar-refractivity contribution in [1.82, 2.24) is 14.5 Å². The summed E-state index contributed by atoms with van der Waals surface area (Å²) in [4.78, 5) is 14.0. The van der Waals surface area contributed by atoms with Gasteiger partial charge in [0.05, 0.1) is 6.04 Å². The van der Waals surface area contributed by atoms with Gasteiger partial charge in [0.15, 0.2) is 0 Å². The summed E-state index contributed by atoms with van der Waals surface area (Å²) in [5.74, 6) is -0.0693. The van der Waals surface area contributed by atoms with Crippen molar-refractivity contribution in [3.8, 4) is 0 Å². The monoisotopic (exact) mass is 363 g/mol. The summed E-state index contributed by atoms with van der Waals surface area (Å²) >= 11 is 0. The Morgan fingerprint density at radius 3 is 2.48 bits per heavy atom. The third-order valence-electron chi connectivity index (χ3n) is 4.21. The normalized spacial score (nSPS) is 18.1. The molecule has 1 aromatic rings. The van der Waals surface area contributed by atoms with Crippen LogP contribution in [0.1, 0.15) is 12.5 Å². The summed E-state index contributed by atoms with van der Waals surface area (Å²) in [6.07, 6.45) is 3.24. The first-order valence-corrected chi connectivity index (χ1v) is 9.80. The van der Waals surface area contributed by atoms with Crippen LogP contribution in [-0.2, 0) is 14.8 Å². The first kappa shape index (κ1) is 19.4. The van der Waals surface area contributed by atoms with Crippen LogP contribution < -0.4 is 5.32 Å². The Labute approximate surface area is 149 Å². The van der Waals surface area contributed by atoms with Crippen molar-refractivity contribution in [3.63, 3.8) is 0 Å². The number of carbonyl (C=O) groups is 1. The number of hydrogen-bond acceptors (Lipinski definition) is 4. The molecule has 0 bridgehead atoms. The van der Waals surface area contributed by atoms with E-state index in [1.807, 2.05) is 42.2 Å². The van der Waals surface area contributed by atoms with Crippen molar-refractivity contribution in [3.05, 3.63) is 54.0 Å². The molecule has 0 unspecified atom stereocenters. The number of nitrogens with one attached hydrogen (secondary N) is 1. The molecule has 1 N–H and O–H groups in total. The van der Waals surface area contributed by atoms with Gasteiger partial charge in [-0.15, -0.1) is 6.58 Å². The first-order valence-electron chi connectivity index (χ1n) is 8.30. The molecule has 1 heterocycles. The van der Waals surface area contributed by atoms with Gasteiger partial charge >= 0.3 is 0 Å². The van der Waals surface area contributed by atoms with E-state index < -0.39 is 10.0 Å². The van der Waals surface area contributed by atoms with Gasteiger partial charge in [-0.25, -0.2) is 8.42 Å². The predicted octanol–water partition coefficient (Wildman–Crippen LogP) is 1.30. The van der Waals surface area contributed by atoms with Gasteiger partial charge in [-0.3, -0.25) is 9.69 Å². The Morgan fingerprint density at radius 1 is 1.24 bits per heavy atom. The average molecular weight is 363 g/mol. The minimum absolute atomic E-state index is 0.0693. The van der Waals surface area contributed by atoms with Crippen LogP contribution in [0.3, 0.4) is 0 Å². The molecule has 1 amide bonds.